The van der Waals surface area contributed by atoms with Gasteiger partial charge in [0.05, 0.1) is 13.2 Å². The minimum atomic E-state index is -1.59. The van der Waals surface area contributed by atoms with Crippen LogP contribution in [0.5, 0.6) is 0 Å². The fraction of sp³-hybridized carbons (Fsp3) is 0.887. The molecule has 0 bridgehead atoms. The lowest BCUT2D eigenvalue weighted by Gasteiger charge is -2.39. The fourth-order valence-corrected chi connectivity index (χ4v) is 8.16. The Balaban J connectivity index is 2.23. The standard InChI is InChI=1S/C53H98O10/c1-3-5-7-9-11-13-15-17-19-21-22-23-24-26-27-29-31-33-35-37-39-41-48(55)60-44-46(45-61-53-52(59)51(58)50(57)47(43-54)63-53)62-49(56)42-40-38-36-34-32-30-28-25-20-18-16-14-12-10-8-6-4-2/h12,14,18,20,46-47,50-54,57-59H,3-11,13,15-17,19,21-45H2,1-2H3/b14-12+,20-18+/t46-,47-,50+,51?,52?,53-/m0/s1. The van der Waals surface area contributed by atoms with Crippen molar-refractivity contribution in [2.24, 2.45) is 0 Å². The van der Waals surface area contributed by atoms with Crippen LogP contribution in [0.2, 0.25) is 0 Å². The predicted octanol–water partition coefficient (Wildman–Crippen LogP) is 12.5. The van der Waals surface area contributed by atoms with Crippen LogP contribution in [0.3, 0.4) is 0 Å². The van der Waals surface area contributed by atoms with E-state index in [1.807, 2.05) is 0 Å². The van der Waals surface area contributed by atoms with Crippen LogP contribution in [0, 0.1) is 0 Å². The van der Waals surface area contributed by atoms with E-state index in [4.69, 9.17) is 18.9 Å². The zero-order valence-corrected chi connectivity index (χ0v) is 40.6. The second-order valence-corrected chi connectivity index (χ2v) is 18.3. The Hall–Kier alpha value is -1.82. The molecule has 1 rings (SSSR count). The van der Waals surface area contributed by atoms with Crippen LogP contribution in [-0.4, -0.2) is 89.0 Å². The van der Waals surface area contributed by atoms with Gasteiger partial charge in [-0.1, -0.05) is 212 Å². The minimum absolute atomic E-state index is 0.216. The number of unbranched alkanes of at least 4 members (excludes halogenated alkanes) is 30. The van der Waals surface area contributed by atoms with E-state index in [1.165, 1.54) is 161 Å². The molecule has 1 fully saturated rings. The fourth-order valence-electron chi connectivity index (χ4n) is 8.16. The monoisotopic (exact) mass is 895 g/mol. The normalized spacial score (nSPS) is 19.6. The summed E-state index contributed by atoms with van der Waals surface area (Å²) in [6.45, 7) is 3.43. The molecule has 1 aliphatic rings. The van der Waals surface area contributed by atoms with E-state index in [0.29, 0.717) is 6.42 Å². The van der Waals surface area contributed by atoms with Crippen LogP contribution in [0.1, 0.15) is 245 Å². The van der Waals surface area contributed by atoms with Crippen LogP contribution in [0.25, 0.3) is 0 Å². The van der Waals surface area contributed by atoms with Crippen molar-refractivity contribution in [1.29, 1.82) is 0 Å². The number of esters is 2. The Morgan fingerprint density at radius 1 is 0.492 bits per heavy atom. The number of carbonyl (C=O) groups excluding carboxylic acids is 2. The van der Waals surface area contributed by atoms with Gasteiger partial charge in [0, 0.05) is 12.8 Å². The van der Waals surface area contributed by atoms with E-state index in [1.54, 1.807) is 0 Å². The van der Waals surface area contributed by atoms with Gasteiger partial charge >= 0.3 is 11.9 Å². The lowest BCUT2D eigenvalue weighted by atomic mass is 9.99. The minimum Gasteiger partial charge on any atom is -0.462 e. The molecule has 0 aromatic rings. The summed E-state index contributed by atoms with van der Waals surface area (Å²) in [5.74, 6) is -0.802. The molecule has 1 saturated heterocycles. The molecule has 0 amide bonds. The maximum Gasteiger partial charge on any atom is 0.306 e. The van der Waals surface area contributed by atoms with Gasteiger partial charge in [-0.25, -0.2) is 0 Å². The summed E-state index contributed by atoms with van der Waals surface area (Å²) in [7, 11) is 0. The van der Waals surface area contributed by atoms with Gasteiger partial charge < -0.3 is 39.4 Å². The van der Waals surface area contributed by atoms with Gasteiger partial charge in [0.1, 0.15) is 31.0 Å². The van der Waals surface area contributed by atoms with Crippen LogP contribution in [0.15, 0.2) is 24.3 Å². The zero-order chi connectivity index (χ0) is 45.9. The largest absolute Gasteiger partial charge is 0.462 e. The lowest BCUT2D eigenvalue weighted by molar-refractivity contribution is -0.305. The molecular formula is C53H98O10. The van der Waals surface area contributed by atoms with Crippen molar-refractivity contribution in [2.45, 2.75) is 282 Å². The first-order chi connectivity index (χ1) is 30.8. The number of hydrogen-bond donors (Lipinski definition) is 4. The molecule has 10 nitrogen and oxygen atoms in total. The number of allylic oxidation sites excluding steroid dienone is 4. The Morgan fingerprint density at radius 3 is 1.35 bits per heavy atom. The Bertz CT molecular complexity index is 1080. The van der Waals surface area contributed by atoms with E-state index in [-0.39, 0.29) is 32.0 Å². The van der Waals surface area contributed by atoms with Crippen LogP contribution < -0.4 is 0 Å². The molecule has 4 N–H and O–H groups in total. The molecule has 10 heteroatoms. The van der Waals surface area contributed by atoms with E-state index >= 15 is 0 Å². The average molecular weight is 895 g/mol. The van der Waals surface area contributed by atoms with Crippen LogP contribution in [-0.2, 0) is 28.5 Å². The number of aliphatic hydroxyl groups is 4. The second-order valence-electron chi connectivity index (χ2n) is 18.3. The summed E-state index contributed by atoms with van der Waals surface area (Å²) in [4.78, 5) is 25.5. The first-order valence-corrected chi connectivity index (χ1v) is 26.4. The molecule has 0 spiro atoms. The highest BCUT2D eigenvalue weighted by Crippen LogP contribution is 2.23. The smallest absolute Gasteiger partial charge is 0.306 e. The first-order valence-electron chi connectivity index (χ1n) is 26.4. The third-order valence-electron chi connectivity index (χ3n) is 12.3. The molecule has 6 atom stereocenters. The molecule has 1 heterocycles. The summed E-state index contributed by atoms with van der Waals surface area (Å²) < 4.78 is 22.3. The maximum atomic E-state index is 12.8. The van der Waals surface area contributed by atoms with E-state index in [9.17, 15) is 30.0 Å². The van der Waals surface area contributed by atoms with Gasteiger partial charge in [0.15, 0.2) is 12.4 Å². The molecular weight excluding hydrogens is 797 g/mol. The van der Waals surface area contributed by atoms with Gasteiger partial charge in [-0.05, 0) is 44.9 Å². The Kier molecular flexibility index (Phi) is 41.4. The summed E-state index contributed by atoms with van der Waals surface area (Å²) in [5.41, 5.74) is 0. The summed E-state index contributed by atoms with van der Waals surface area (Å²) in [6.07, 6.45) is 43.3. The average Bonchev–Trinajstić information content (AvgIpc) is 3.28. The highest BCUT2D eigenvalue weighted by atomic mass is 16.7. The molecule has 0 aromatic heterocycles. The van der Waals surface area contributed by atoms with Crippen molar-refractivity contribution in [1.82, 2.24) is 0 Å². The quantitative estimate of drug-likeness (QED) is 0.0264. The zero-order valence-electron chi connectivity index (χ0n) is 40.6. The van der Waals surface area contributed by atoms with Crippen molar-refractivity contribution >= 4 is 11.9 Å². The molecule has 1 aliphatic heterocycles. The number of aliphatic hydroxyl groups excluding tert-OH is 4. The molecule has 0 saturated carbocycles. The SMILES string of the molecule is CCCCC/C=C/C/C=C/CCCCCCCCCC(=O)O[C@@H](COC(=O)CCCCCCCCCCCCCCCCCCCCCCC)CO[C@H]1O[C@@H](CO)[C@@H](O)C(O)C1O. The molecule has 0 radical (unpaired) electrons. The van der Waals surface area contributed by atoms with Crippen molar-refractivity contribution in [3.05, 3.63) is 24.3 Å². The van der Waals surface area contributed by atoms with Crippen molar-refractivity contribution in [2.75, 3.05) is 19.8 Å². The number of carbonyl (C=O) groups is 2. The molecule has 0 aromatic carbocycles. The van der Waals surface area contributed by atoms with E-state index in [0.717, 1.165) is 51.4 Å². The van der Waals surface area contributed by atoms with E-state index in [2.05, 4.69) is 38.2 Å². The number of hydrogen-bond acceptors (Lipinski definition) is 10. The van der Waals surface area contributed by atoms with Gasteiger partial charge in [-0.15, -0.1) is 0 Å². The molecule has 63 heavy (non-hydrogen) atoms. The molecule has 370 valence electrons. The first kappa shape index (κ1) is 59.2. The summed E-state index contributed by atoms with van der Waals surface area (Å²) >= 11 is 0. The third-order valence-corrected chi connectivity index (χ3v) is 12.3. The lowest BCUT2D eigenvalue weighted by Crippen LogP contribution is -2.59. The highest BCUT2D eigenvalue weighted by molar-refractivity contribution is 5.70. The topological polar surface area (TPSA) is 152 Å². The van der Waals surface area contributed by atoms with Gasteiger partial charge in [0.25, 0.3) is 0 Å². The van der Waals surface area contributed by atoms with Gasteiger partial charge in [0.2, 0.25) is 0 Å². The number of ether oxygens (including phenoxy) is 4. The summed E-state index contributed by atoms with van der Waals surface area (Å²) in [6, 6.07) is 0. The van der Waals surface area contributed by atoms with Crippen LogP contribution >= 0.6 is 0 Å². The van der Waals surface area contributed by atoms with Crippen LogP contribution in [0.4, 0.5) is 0 Å². The van der Waals surface area contributed by atoms with Gasteiger partial charge in [-0.2, -0.15) is 0 Å². The summed E-state index contributed by atoms with van der Waals surface area (Å²) in [5, 5.41) is 40.2. The van der Waals surface area contributed by atoms with Crippen molar-refractivity contribution in [3.63, 3.8) is 0 Å². The Labute approximate surface area is 385 Å². The highest BCUT2D eigenvalue weighted by Gasteiger charge is 2.44. The number of rotatable bonds is 45. The predicted molar refractivity (Wildman–Crippen MR) is 256 cm³/mol. The second kappa shape index (κ2) is 44.0. The van der Waals surface area contributed by atoms with Crippen molar-refractivity contribution < 1.29 is 49.0 Å². The Morgan fingerprint density at radius 2 is 0.889 bits per heavy atom. The van der Waals surface area contributed by atoms with E-state index < -0.39 is 49.4 Å². The molecule has 2 unspecified atom stereocenters. The van der Waals surface area contributed by atoms with Crippen molar-refractivity contribution in [3.8, 4) is 0 Å². The van der Waals surface area contributed by atoms with Gasteiger partial charge in [-0.3, -0.25) is 9.59 Å². The molecule has 0 aliphatic carbocycles. The third kappa shape index (κ3) is 35.1. The maximum absolute atomic E-state index is 12.8.